The van der Waals surface area contributed by atoms with Crippen LogP contribution in [0.25, 0.3) is 0 Å². The number of hydrogen-bond acceptors (Lipinski definition) is 4. The number of thioether (sulfide) groups is 1. The van der Waals surface area contributed by atoms with E-state index in [1.54, 1.807) is 30.1 Å². The second-order valence-electron chi connectivity index (χ2n) is 4.02. The number of nitrogens with zero attached hydrogens (tertiary/aromatic N) is 1. The maximum atomic E-state index is 11.5. The number of unbranched alkanes of at least 4 members (excludes halogenated alkanes) is 2. The zero-order valence-electron chi connectivity index (χ0n) is 10.7. The van der Waals surface area contributed by atoms with Crippen molar-refractivity contribution in [3.63, 3.8) is 0 Å². The highest BCUT2D eigenvalue weighted by Crippen LogP contribution is 2.09. The summed E-state index contributed by atoms with van der Waals surface area (Å²) in [6.07, 6.45) is 4.39. The van der Waals surface area contributed by atoms with Crippen molar-refractivity contribution < 1.29 is 14.7 Å². The van der Waals surface area contributed by atoms with Crippen LogP contribution >= 0.6 is 11.8 Å². The molecule has 0 saturated carbocycles. The number of carboxylic acids is 1. The third kappa shape index (κ3) is 8.20. The lowest BCUT2D eigenvalue weighted by Crippen LogP contribution is -2.15. The Bertz CT molecular complexity index is 398. The van der Waals surface area contributed by atoms with E-state index in [4.69, 9.17) is 5.11 Å². The highest BCUT2D eigenvalue weighted by molar-refractivity contribution is 7.99. The minimum absolute atomic E-state index is 0.0609. The number of pyridine rings is 1. The van der Waals surface area contributed by atoms with Crippen molar-refractivity contribution in [1.82, 2.24) is 4.98 Å². The molecule has 0 saturated heterocycles. The number of rotatable bonds is 9. The first-order valence-electron chi connectivity index (χ1n) is 6.19. The average molecular weight is 282 g/mol. The van der Waals surface area contributed by atoms with Gasteiger partial charge in [0.15, 0.2) is 0 Å². The Morgan fingerprint density at radius 2 is 2.11 bits per heavy atom. The van der Waals surface area contributed by atoms with Crippen LogP contribution in [0.1, 0.15) is 25.7 Å². The molecule has 1 rings (SSSR count). The van der Waals surface area contributed by atoms with Gasteiger partial charge in [0, 0.05) is 12.6 Å². The van der Waals surface area contributed by atoms with Gasteiger partial charge in [0.2, 0.25) is 5.91 Å². The fraction of sp³-hybridized carbons (Fsp3) is 0.462. The third-order valence-corrected chi connectivity index (χ3v) is 3.39. The molecule has 5 nitrogen and oxygen atoms in total. The summed E-state index contributed by atoms with van der Waals surface area (Å²) >= 11 is 1.55. The second-order valence-corrected chi connectivity index (χ2v) is 5.13. The molecule has 0 fully saturated rings. The molecule has 19 heavy (non-hydrogen) atoms. The number of nitrogens with one attached hydrogen (secondary N) is 1. The highest BCUT2D eigenvalue weighted by atomic mass is 32.2. The van der Waals surface area contributed by atoms with E-state index in [2.05, 4.69) is 10.3 Å². The largest absolute Gasteiger partial charge is 0.481 e. The summed E-state index contributed by atoms with van der Waals surface area (Å²) in [4.78, 5) is 25.8. The molecule has 0 radical (unpaired) electrons. The normalized spacial score (nSPS) is 10.1. The Morgan fingerprint density at radius 1 is 1.26 bits per heavy atom. The molecule has 0 aromatic carbocycles. The Balaban J connectivity index is 2.00. The smallest absolute Gasteiger partial charge is 0.303 e. The van der Waals surface area contributed by atoms with E-state index in [1.807, 2.05) is 6.07 Å². The van der Waals surface area contributed by atoms with Crippen LogP contribution in [0.15, 0.2) is 24.4 Å². The van der Waals surface area contributed by atoms with Gasteiger partial charge in [-0.1, -0.05) is 12.5 Å². The zero-order valence-corrected chi connectivity index (χ0v) is 11.5. The minimum atomic E-state index is -0.748. The number of carboxylic acid groups (broad SMARTS) is 1. The SMILES string of the molecule is O=C(O)CCCCCSCC(=O)Nc1ccccn1. The number of carbonyl (C=O) groups excluding carboxylic acids is 1. The van der Waals surface area contributed by atoms with Gasteiger partial charge in [-0.3, -0.25) is 9.59 Å². The van der Waals surface area contributed by atoms with E-state index in [1.165, 1.54) is 0 Å². The summed E-state index contributed by atoms with van der Waals surface area (Å²) in [7, 11) is 0. The van der Waals surface area contributed by atoms with Gasteiger partial charge in [0.1, 0.15) is 5.82 Å². The maximum absolute atomic E-state index is 11.5. The molecule has 1 heterocycles. The van der Waals surface area contributed by atoms with Crippen LogP contribution in [-0.2, 0) is 9.59 Å². The van der Waals surface area contributed by atoms with Crippen LogP contribution in [-0.4, -0.2) is 33.5 Å². The van der Waals surface area contributed by atoms with Crippen molar-refractivity contribution in [2.45, 2.75) is 25.7 Å². The van der Waals surface area contributed by atoms with Crippen molar-refractivity contribution in [3.05, 3.63) is 24.4 Å². The summed E-state index contributed by atoms with van der Waals surface area (Å²) < 4.78 is 0. The Morgan fingerprint density at radius 3 is 2.79 bits per heavy atom. The zero-order chi connectivity index (χ0) is 13.9. The van der Waals surface area contributed by atoms with Gasteiger partial charge in [-0.2, -0.15) is 11.8 Å². The van der Waals surface area contributed by atoms with Crippen LogP contribution in [0.2, 0.25) is 0 Å². The molecule has 1 amide bonds. The van der Waals surface area contributed by atoms with E-state index in [9.17, 15) is 9.59 Å². The second kappa shape index (κ2) is 9.38. The van der Waals surface area contributed by atoms with E-state index in [-0.39, 0.29) is 12.3 Å². The summed E-state index contributed by atoms with van der Waals surface area (Å²) in [6, 6.07) is 5.36. The van der Waals surface area contributed by atoms with Gasteiger partial charge < -0.3 is 10.4 Å². The summed E-state index contributed by atoms with van der Waals surface area (Å²) in [5.74, 6) is 1.02. The maximum Gasteiger partial charge on any atom is 0.303 e. The van der Waals surface area contributed by atoms with Crippen LogP contribution in [0.4, 0.5) is 5.82 Å². The van der Waals surface area contributed by atoms with Gasteiger partial charge in [-0.25, -0.2) is 4.98 Å². The van der Waals surface area contributed by atoms with Crippen molar-refractivity contribution in [1.29, 1.82) is 0 Å². The monoisotopic (exact) mass is 282 g/mol. The molecule has 0 bridgehead atoms. The van der Waals surface area contributed by atoms with Crippen molar-refractivity contribution in [2.24, 2.45) is 0 Å². The molecule has 1 aromatic heterocycles. The van der Waals surface area contributed by atoms with E-state index in [0.29, 0.717) is 18.0 Å². The molecule has 0 atom stereocenters. The molecule has 6 heteroatoms. The van der Waals surface area contributed by atoms with Gasteiger partial charge in [-0.05, 0) is 30.7 Å². The van der Waals surface area contributed by atoms with Gasteiger partial charge in [-0.15, -0.1) is 0 Å². The fourth-order valence-electron chi connectivity index (χ4n) is 1.44. The Hall–Kier alpha value is -1.56. The van der Waals surface area contributed by atoms with E-state index in [0.717, 1.165) is 18.6 Å². The first-order chi connectivity index (χ1) is 9.18. The van der Waals surface area contributed by atoms with Crippen molar-refractivity contribution in [2.75, 3.05) is 16.8 Å². The molecular formula is C13H18N2O3S. The van der Waals surface area contributed by atoms with Gasteiger partial charge in [0.05, 0.1) is 5.75 Å². The van der Waals surface area contributed by atoms with Crippen LogP contribution < -0.4 is 5.32 Å². The third-order valence-electron chi connectivity index (χ3n) is 2.34. The highest BCUT2D eigenvalue weighted by Gasteiger charge is 2.03. The van der Waals surface area contributed by atoms with Crippen LogP contribution in [0.3, 0.4) is 0 Å². The lowest BCUT2D eigenvalue weighted by atomic mass is 10.2. The topological polar surface area (TPSA) is 79.3 Å². The number of aliphatic carboxylic acids is 1. The molecule has 0 aliphatic carbocycles. The molecular weight excluding hydrogens is 264 g/mol. The molecule has 1 aromatic rings. The Kier molecular flexibility index (Phi) is 7.65. The Labute approximate surface area is 116 Å². The predicted octanol–water partition coefficient (Wildman–Crippen LogP) is 2.40. The molecule has 0 spiro atoms. The quantitative estimate of drug-likeness (QED) is 0.680. The average Bonchev–Trinajstić information content (AvgIpc) is 2.38. The summed E-state index contributed by atoms with van der Waals surface area (Å²) in [5, 5.41) is 11.2. The number of anilines is 1. The fourth-order valence-corrected chi connectivity index (χ4v) is 2.25. The van der Waals surface area contributed by atoms with Crippen molar-refractivity contribution in [3.8, 4) is 0 Å². The molecule has 104 valence electrons. The lowest BCUT2D eigenvalue weighted by Gasteiger charge is -2.03. The van der Waals surface area contributed by atoms with Crippen LogP contribution in [0.5, 0.6) is 0 Å². The lowest BCUT2D eigenvalue weighted by molar-refractivity contribution is -0.137. The van der Waals surface area contributed by atoms with Gasteiger partial charge >= 0.3 is 5.97 Å². The van der Waals surface area contributed by atoms with Gasteiger partial charge in [0.25, 0.3) is 0 Å². The number of carbonyl (C=O) groups is 2. The first-order valence-corrected chi connectivity index (χ1v) is 7.34. The van der Waals surface area contributed by atoms with Crippen LogP contribution in [0, 0.1) is 0 Å². The van der Waals surface area contributed by atoms with E-state index < -0.39 is 5.97 Å². The first kappa shape index (κ1) is 15.5. The van der Waals surface area contributed by atoms with Crippen molar-refractivity contribution >= 4 is 29.5 Å². The number of amides is 1. The molecule has 0 aliphatic rings. The molecule has 0 unspecified atom stereocenters. The molecule has 0 aliphatic heterocycles. The van der Waals surface area contributed by atoms with E-state index >= 15 is 0 Å². The summed E-state index contributed by atoms with van der Waals surface area (Å²) in [6.45, 7) is 0. The predicted molar refractivity (Wildman–Crippen MR) is 76.3 cm³/mol. The number of hydrogen-bond donors (Lipinski definition) is 2. The molecule has 2 N–H and O–H groups in total. The number of aromatic nitrogens is 1. The standard InChI is InChI=1S/C13H18N2O3S/c16-12(15-11-6-3-4-8-14-11)10-19-9-5-1-2-7-13(17)18/h3-4,6,8H,1-2,5,7,9-10H2,(H,17,18)(H,14,15,16). The summed E-state index contributed by atoms with van der Waals surface area (Å²) in [5.41, 5.74) is 0. The minimum Gasteiger partial charge on any atom is -0.481 e.